The topological polar surface area (TPSA) is 57.3 Å². The van der Waals surface area contributed by atoms with Gasteiger partial charge in [0.15, 0.2) is 0 Å². The number of carbonyl (C=O) groups is 1. The van der Waals surface area contributed by atoms with Gasteiger partial charge in [0.25, 0.3) is 0 Å². The summed E-state index contributed by atoms with van der Waals surface area (Å²) in [5, 5.41) is 0. The Morgan fingerprint density at radius 1 is 1.24 bits per heavy atom. The van der Waals surface area contributed by atoms with Crippen molar-refractivity contribution >= 4 is 17.0 Å². The lowest BCUT2D eigenvalue weighted by Crippen LogP contribution is -2.14. The molecule has 2 aromatic heterocycles. The van der Waals surface area contributed by atoms with Crippen molar-refractivity contribution in [3.63, 3.8) is 0 Å². The molecule has 5 nitrogen and oxygen atoms in total. The normalized spacial score (nSPS) is 15.6. The van der Waals surface area contributed by atoms with Crippen LogP contribution in [0.3, 0.4) is 0 Å². The average Bonchev–Trinajstić information content (AvgIpc) is 3.30. The van der Waals surface area contributed by atoms with Gasteiger partial charge in [0.05, 0.1) is 35.5 Å². The molecule has 3 aromatic rings. The third-order valence-corrected chi connectivity index (χ3v) is 5.24. The van der Waals surface area contributed by atoms with Crippen LogP contribution in [0.5, 0.6) is 0 Å². The number of furan rings is 1. The molecule has 0 aliphatic heterocycles. The zero-order valence-corrected chi connectivity index (χ0v) is 14.6. The van der Waals surface area contributed by atoms with Crippen molar-refractivity contribution in [1.29, 1.82) is 0 Å². The number of carbonyl (C=O) groups excluding carboxylic acids is 1. The molecule has 0 bridgehead atoms. The molecule has 4 rings (SSSR count). The molecule has 0 unspecified atom stereocenters. The van der Waals surface area contributed by atoms with Crippen LogP contribution >= 0.6 is 0 Å². The van der Waals surface area contributed by atoms with Gasteiger partial charge < -0.3 is 13.7 Å². The number of rotatable bonds is 3. The van der Waals surface area contributed by atoms with Crippen LogP contribution in [0.25, 0.3) is 22.4 Å². The number of esters is 1. The summed E-state index contributed by atoms with van der Waals surface area (Å²) in [6.07, 6.45) is 9.52. The lowest BCUT2D eigenvalue weighted by molar-refractivity contribution is 0.0600. The van der Waals surface area contributed by atoms with Crippen molar-refractivity contribution in [2.45, 2.75) is 45.1 Å². The van der Waals surface area contributed by atoms with Crippen molar-refractivity contribution in [2.24, 2.45) is 0 Å². The van der Waals surface area contributed by atoms with Crippen LogP contribution < -0.4 is 0 Å². The highest BCUT2D eigenvalue weighted by atomic mass is 16.5. The molecule has 0 radical (unpaired) electrons. The van der Waals surface area contributed by atoms with Gasteiger partial charge in [-0.25, -0.2) is 9.78 Å². The van der Waals surface area contributed by atoms with Crippen LogP contribution in [-0.4, -0.2) is 22.6 Å². The quantitative estimate of drug-likeness (QED) is 0.638. The van der Waals surface area contributed by atoms with Gasteiger partial charge in [-0.3, -0.25) is 0 Å². The largest absolute Gasteiger partial charge is 0.472 e. The van der Waals surface area contributed by atoms with E-state index >= 15 is 0 Å². The van der Waals surface area contributed by atoms with E-state index in [2.05, 4.69) is 4.57 Å². The van der Waals surface area contributed by atoms with Crippen LogP contribution in [-0.2, 0) is 4.74 Å². The Labute approximate surface area is 146 Å². The van der Waals surface area contributed by atoms with E-state index in [0.717, 1.165) is 40.8 Å². The summed E-state index contributed by atoms with van der Waals surface area (Å²) in [5.74, 6) is 0.595. The molecule has 0 atom stereocenters. The lowest BCUT2D eigenvalue weighted by atomic mass is 9.94. The Morgan fingerprint density at radius 2 is 2.04 bits per heavy atom. The first kappa shape index (κ1) is 15.9. The van der Waals surface area contributed by atoms with Crippen LogP contribution in [0.2, 0.25) is 0 Å². The predicted octanol–water partition coefficient (Wildman–Crippen LogP) is 4.90. The maximum atomic E-state index is 12.0. The Balaban J connectivity index is 1.95. The molecule has 5 heteroatoms. The molecule has 0 amide bonds. The van der Waals surface area contributed by atoms with E-state index in [1.54, 1.807) is 12.5 Å². The van der Waals surface area contributed by atoms with E-state index in [4.69, 9.17) is 14.1 Å². The second-order valence-corrected chi connectivity index (χ2v) is 6.71. The number of nitrogens with zero attached hydrogens (tertiary/aromatic N) is 2. The monoisotopic (exact) mass is 338 g/mol. The number of aryl methyl sites for hydroxylation is 1. The molecular weight excluding hydrogens is 316 g/mol. The van der Waals surface area contributed by atoms with E-state index in [9.17, 15) is 4.79 Å². The molecular formula is C20H22N2O3. The number of fused-ring (bicyclic) bond motifs is 1. The zero-order valence-electron chi connectivity index (χ0n) is 14.6. The lowest BCUT2D eigenvalue weighted by Gasteiger charge is -2.25. The van der Waals surface area contributed by atoms with Crippen molar-refractivity contribution in [3.05, 3.63) is 41.9 Å². The molecule has 130 valence electrons. The first-order valence-electron chi connectivity index (χ1n) is 8.83. The van der Waals surface area contributed by atoms with Gasteiger partial charge in [-0.05, 0) is 43.5 Å². The molecule has 1 aromatic carbocycles. The van der Waals surface area contributed by atoms with Gasteiger partial charge >= 0.3 is 5.97 Å². The van der Waals surface area contributed by atoms with Crippen molar-refractivity contribution in [2.75, 3.05) is 7.11 Å². The van der Waals surface area contributed by atoms with Gasteiger partial charge in [-0.2, -0.15) is 0 Å². The summed E-state index contributed by atoms with van der Waals surface area (Å²) in [5.41, 5.74) is 4.35. The summed E-state index contributed by atoms with van der Waals surface area (Å²) >= 11 is 0. The smallest absolute Gasteiger partial charge is 0.338 e. The summed E-state index contributed by atoms with van der Waals surface area (Å²) in [4.78, 5) is 16.9. The number of aromatic nitrogens is 2. The molecule has 2 heterocycles. The van der Waals surface area contributed by atoms with E-state index in [0.29, 0.717) is 11.6 Å². The molecule has 0 spiro atoms. The zero-order chi connectivity index (χ0) is 17.4. The third-order valence-electron chi connectivity index (χ3n) is 5.24. The number of methoxy groups -OCH3 is 1. The standard InChI is InChI=1S/C20H22N2O3/c1-13-16(20(23)24-2)8-9-17-18(13)21-19(14-10-11-25-12-14)22(17)15-6-4-3-5-7-15/h8-12,15H,3-7H2,1-2H3. The van der Waals surface area contributed by atoms with E-state index in [-0.39, 0.29) is 5.97 Å². The van der Waals surface area contributed by atoms with Gasteiger partial charge in [0, 0.05) is 6.04 Å². The Hall–Kier alpha value is -2.56. The second-order valence-electron chi connectivity index (χ2n) is 6.71. The Kier molecular flexibility index (Phi) is 4.07. The number of hydrogen-bond acceptors (Lipinski definition) is 4. The molecule has 1 aliphatic rings. The summed E-state index contributed by atoms with van der Waals surface area (Å²) in [7, 11) is 1.41. The number of hydrogen-bond donors (Lipinski definition) is 0. The van der Waals surface area contributed by atoms with Gasteiger partial charge in [-0.15, -0.1) is 0 Å². The maximum Gasteiger partial charge on any atom is 0.338 e. The summed E-state index contributed by atoms with van der Waals surface area (Å²) in [6.45, 7) is 1.94. The molecule has 25 heavy (non-hydrogen) atoms. The van der Waals surface area contributed by atoms with Gasteiger partial charge in [0.2, 0.25) is 0 Å². The fraction of sp³-hybridized carbons (Fsp3) is 0.400. The molecule has 1 saturated carbocycles. The number of ether oxygens (including phenoxy) is 1. The van der Waals surface area contributed by atoms with Crippen molar-refractivity contribution in [1.82, 2.24) is 9.55 Å². The molecule has 1 fully saturated rings. The van der Waals surface area contributed by atoms with Gasteiger partial charge in [0.1, 0.15) is 12.1 Å². The highest BCUT2D eigenvalue weighted by Crippen LogP contribution is 2.37. The van der Waals surface area contributed by atoms with E-state index in [1.807, 2.05) is 25.1 Å². The van der Waals surface area contributed by atoms with Crippen LogP contribution in [0.15, 0.2) is 35.1 Å². The number of benzene rings is 1. The predicted molar refractivity (Wildman–Crippen MR) is 95.6 cm³/mol. The minimum atomic E-state index is -0.323. The summed E-state index contributed by atoms with van der Waals surface area (Å²) < 4.78 is 12.5. The molecule has 0 N–H and O–H groups in total. The Morgan fingerprint density at radius 3 is 2.72 bits per heavy atom. The Bertz CT molecular complexity index is 903. The van der Waals surface area contributed by atoms with Crippen LogP contribution in [0.4, 0.5) is 0 Å². The SMILES string of the molecule is COC(=O)c1ccc2c(nc(-c3ccoc3)n2C2CCCCC2)c1C. The molecule has 1 aliphatic carbocycles. The third kappa shape index (κ3) is 2.64. The van der Waals surface area contributed by atoms with Crippen molar-refractivity contribution < 1.29 is 13.9 Å². The summed E-state index contributed by atoms with van der Waals surface area (Å²) in [6, 6.07) is 6.23. The molecule has 0 saturated heterocycles. The van der Waals surface area contributed by atoms with Crippen LogP contribution in [0.1, 0.15) is 54.1 Å². The fourth-order valence-electron chi connectivity index (χ4n) is 3.93. The highest BCUT2D eigenvalue weighted by molar-refractivity contribution is 5.97. The fourth-order valence-corrected chi connectivity index (χ4v) is 3.93. The maximum absolute atomic E-state index is 12.0. The van der Waals surface area contributed by atoms with Crippen molar-refractivity contribution in [3.8, 4) is 11.4 Å². The number of imidazole rings is 1. The van der Waals surface area contributed by atoms with Gasteiger partial charge in [-0.1, -0.05) is 19.3 Å². The van der Waals surface area contributed by atoms with E-state index < -0.39 is 0 Å². The van der Waals surface area contributed by atoms with E-state index in [1.165, 1.54) is 26.4 Å². The first-order chi connectivity index (χ1) is 12.2. The average molecular weight is 338 g/mol. The highest BCUT2D eigenvalue weighted by Gasteiger charge is 2.24. The minimum Gasteiger partial charge on any atom is -0.472 e. The first-order valence-corrected chi connectivity index (χ1v) is 8.83. The van der Waals surface area contributed by atoms with Crippen LogP contribution in [0, 0.1) is 6.92 Å². The minimum absolute atomic E-state index is 0.323. The second kappa shape index (κ2) is 6.39.